The normalized spacial score (nSPS) is 13.6. The third-order valence-electron chi connectivity index (χ3n) is 5.95. The van der Waals surface area contributed by atoms with Crippen LogP contribution < -0.4 is 20.1 Å². The molecular weight excluding hydrogens is 549 g/mol. The molecule has 0 saturated carbocycles. The van der Waals surface area contributed by atoms with Gasteiger partial charge in [0, 0.05) is 5.56 Å². The number of methoxy groups -OCH3 is 1. The molecule has 0 atom stereocenters. The highest BCUT2D eigenvalue weighted by Crippen LogP contribution is 2.35. The molecule has 1 aliphatic heterocycles. The van der Waals surface area contributed by atoms with Crippen molar-refractivity contribution in [2.45, 2.75) is 19.9 Å². The maximum absolute atomic E-state index is 13.9. The largest absolute Gasteiger partial charge is 0.490 e. The number of carbonyl (C=O) groups is 4. The number of para-hydroxylation sites is 1. The molecule has 11 nitrogen and oxygen atoms in total. The fourth-order valence-electron chi connectivity index (χ4n) is 4.10. The lowest BCUT2D eigenvalue weighted by molar-refractivity contribution is -0.123. The summed E-state index contributed by atoms with van der Waals surface area (Å²) in [4.78, 5) is 50.7. The topological polar surface area (TPSA) is 136 Å². The fourth-order valence-corrected chi connectivity index (χ4v) is 4.10. The van der Waals surface area contributed by atoms with Crippen LogP contribution in [0.5, 0.6) is 11.5 Å². The molecule has 0 bridgehead atoms. The summed E-state index contributed by atoms with van der Waals surface area (Å²) in [5.74, 6) is -1.71. The Bertz CT molecular complexity index is 1560. The number of hydrogen-bond acceptors (Lipinski definition) is 8. The van der Waals surface area contributed by atoms with Crippen LogP contribution in [0.4, 0.5) is 14.9 Å². The molecule has 4 amide bonds. The molecule has 42 heavy (non-hydrogen) atoms. The van der Waals surface area contributed by atoms with Crippen LogP contribution in [-0.2, 0) is 27.3 Å². The van der Waals surface area contributed by atoms with E-state index in [9.17, 15) is 23.6 Å². The minimum Gasteiger partial charge on any atom is -0.490 e. The minimum absolute atomic E-state index is 0.00434. The van der Waals surface area contributed by atoms with Crippen molar-refractivity contribution in [1.82, 2.24) is 10.2 Å². The van der Waals surface area contributed by atoms with Gasteiger partial charge in [0.15, 0.2) is 18.1 Å². The first-order valence-corrected chi connectivity index (χ1v) is 12.8. The molecule has 1 aliphatic rings. The highest BCUT2D eigenvalue weighted by atomic mass is 19.1. The van der Waals surface area contributed by atoms with Crippen molar-refractivity contribution < 1.29 is 42.2 Å². The Balaban J connectivity index is 1.54. The summed E-state index contributed by atoms with van der Waals surface area (Å²) < 4.78 is 35.5. The van der Waals surface area contributed by atoms with Gasteiger partial charge in [-0.3, -0.25) is 14.5 Å². The molecule has 4 rings (SSSR count). The van der Waals surface area contributed by atoms with Gasteiger partial charge in [-0.05, 0) is 61.4 Å². The van der Waals surface area contributed by atoms with Crippen LogP contribution in [0.25, 0.3) is 6.08 Å². The predicted octanol–water partition coefficient (Wildman–Crippen LogP) is 4.44. The predicted molar refractivity (Wildman–Crippen MR) is 149 cm³/mol. The monoisotopic (exact) mass is 577 g/mol. The van der Waals surface area contributed by atoms with E-state index in [0.717, 1.165) is 4.90 Å². The molecule has 12 heteroatoms. The van der Waals surface area contributed by atoms with Crippen molar-refractivity contribution in [3.05, 3.63) is 95.3 Å². The third kappa shape index (κ3) is 6.84. The second-order valence-electron chi connectivity index (χ2n) is 8.89. The Labute approximate surface area is 240 Å². The molecule has 0 spiro atoms. The smallest absolute Gasteiger partial charge is 0.373 e. The Morgan fingerprint density at radius 2 is 1.93 bits per heavy atom. The van der Waals surface area contributed by atoms with Crippen LogP contribution in [0.2, 0.25) is 0 Å². The molecular formula is C30H28FN3O8. The maximum Gasteiger partial charge on any atom is 0.373 e. The average molecular weight is 578 g/mol. The zero-order valence-corrected chi connectivity index (χ0v) is 22.9. The maximum atomic E-state index is 13.9. The van der Waals surface area contributed by atoms with E-state index in [1.165, 1.54) is 43.5 Å². The second kappa shape index (κ2) is 13.3. The number of furan rings is 1. The van der Waals surface area contributed by atoms with Crippen molar-refractivity contribution in [2.75, 3.05) is 25.6 Å². The van der Waals surface area contributed by atoms with Crippen molar-refractivity contribution in [2.24, 2.45) is 0 Å². The molecule has 2 N–H and O–H groups in total. The molecule has 0 aliphatic carbocycles. The van der Waals surface area contributed by atoms with E-state index >= 15 is 0 Å². The molecule has 2 heterocycles. The van der Waals surface area contributed by atoms with Gasteiger partial charge >= 0.3 is 12.0 Å². The highest BCUT2D eigenvalue weighted by Gasteiger charge is 2.34. The Hall–Kier alpha value is -5.39. The number of allylic oxidation sites excluding steroid dienone is 1. The van der Waals surface area contributed by atoms with E-state index in [1.807, 2.05) is 0 Å². The van der Waals surface area contributed by atoms with Crippen LogP contribution in [0.3, 0.4) is 0 Å². The zero-order chi connectivity index (χ0) is 30.2. The summed E-state index contributed by atoms with van der Waals surface area (Å²) in [6.07, 6.45) is 3.44. The summed E-state index contributed by atoms with van der Waals surface area (Å²) in [5.41, 5.74) is 1.14. The van der Waals surface area contributed by atoms with E-state index in [2.05, 4.69) is 21.9 Å². The van der Waals surface area contributed by atoms with E-state index in [0.29, 0.717) is 23.3 Å². The summed E-state index contributed by atoms with van der Waals surface area (Å²) in [7, 11) is 1.21. The Morgan fingerprint density at radius 1 is 1.14 bits per heavy atom. The number of imide groups is 1. The number of ether oxygens (including phenoxy) is 3. The molecule has 1 fully saturated rings. The standard InChI is InChI=1S/C30H28FN3O8/c1-4-8-19-13-18(14-23-28(36)34(30(38)33-23)16-20-11-12-24(42-20)29(37)39-3)15-25(40-5-2)27(19)41-17-26(35)32-22-10-7-6-9-21(22)31/h4,6-7,9-15H,1,5,8,16-17H2,2-3H3,(H,32,35)(H,33,38)/b23-14-. The number of rotatable bonds is 12. The number of halogens is 1. The molecule has 1 aromatic heterocycles. The van der Waals surface area contributed by atoms with E-state index in [4.69, 9.17) is 13.9 Å². The Kier molecular flexibility index (Phi) is 9.38. The van der Waals surface area contributed by atoms with Crippen molar-refractivity contribution in [3.8, 4) is 11.5 Å². The van der Waals surface area contributed by atoms with E-state index < -0.39 is 36.2 Å². The van der Waals surface area contributed by atoms with Gasteiger partial charge in [-0.25, -0.2) is 14.0 Å². The molecule has 0 unspecified atom stereocenters. The van der Waals surface area contributed by atoms with Gasteiger partial charge in [-0.2, -0.15) is 0 Å². The van der Waals surface area contributed by atoms with Crippen LogP contribution >= 0.6 is 0 Å². The highest BCUT2D eigenvalue weighted by molar-refractivity contribution is 6.13. The number of benzene rings is 2. The lowest BCUT2D eigenvalue weighted by atomic mass is 10.0. The number of amides is 4. The number of carbonyl (C=O) groups excluding carboxylic acids is 4. The summed E-state index contributed by atoms with van der Waals surface area (Å²) in [6.45, 7) is 5.18. The SMILES string of the molecule is C=CCc1cc(/C=C2\NC(=O)N(Cc3ccc(C(=O)OC)o3)C2=O)cc(OCC)c1OCC(=O)Nc1ccccc1F. The molecule has 218 valence electrons. The van der Waals surface area contributed by atoms with Crippen molar-refractivity contribution in [3.63, 3.8) is 0 Å². The number of esters is 1. The van der Waals surface area contributed by atoms with Crippen LogP contribution in [0, 0.1) is 5.82 Å². The Morgan fingerprint density at radius 3 is 2.64 bits per heavy atom. The molecule has 1 saturated heterocycles. The van der Waals surface area contributed by atoms with Crippen LogP contribution in [0.1, 0.15) is 34.4 Å². The third-order valence-corrected chi connectivity index (χ3v) is 5.95. The van der Waals surface area contributed by atoms with Gasteiger partial charge < -0.3 is 29.3 Å². The summed E-state index contributed by atoms with van der Waals surface area (Å²) >= 11 is 0. The lowest BCUT2D eigenvalue weighted by Crippen LogP contribution is -2.30. The lowest BCUT2D eigenvalue weighted by Gasteiger charge is -2.17. The quantitative estimate of drug-likeness (QED) is 0.140. The van der Waals surface area contributed by atoms with Gasteiger partial charge in [-0.15, -0.1) is 6.58 Å². The van der Waals surface area contributed by atoms with Gasteiger partial charge in [0.1, 0.15) is 17.3 Å². The first kappa shape index (κ1) is 29.6. The van der Waals surface area contributed by atoms with E-state index in [1.54, 1.807) is 31.2 Å². The molecule has 3 aromatic rings. The van der Waals surface area contributed by atoms with E-state index in [-0.39, 0.29) is 41.8 Å². The van der Waals surface area contributed by atoms with Crippen molar-refractivity contribution in [1.29, 1.82) is 0 Å². The van der Waals surface area contributed by atoms with Gasteiger partial charge in [0.2, 0.25) is 5.76 Å². The van der Waals surface area contributed by atoms with Crippen molar-refractivity contribution >= 4 is 35.6 Å². The number of nitrogens with one attached hydrogen (secondary N) is 2. The number of anilines is 1. The first-order valence-electron chi connectivity index (χ1n) is 12.8. The minimum atomic E-state index is -0.683. The summed E-state index contributed by atoms with van der Waals surface area (Å²) in [6, 6.07) is 11.3. The van der Waals surface area contributed by atoms with Crippen LogP contribution in [0.15, 0.2) is 71.3 Å². The fraction of sp³-hybridized carbons (Fsp3) is 0.200. The van der Waals surface area contributed by atoms with Gasteiger partial charge in [-0.1, -0.05) is 18.2 Å². The number of urea groups is 1. The van der Waals surface area contributed by atoms with Gasteiger partial charge in [0.05, 0.1) is 25.9 Å². The van der Waals surface area contributed by atoms with Gasteiger partial charge in [0.25, 0.3) is 11.8 Å². The molecule has 0 radical (unpaired) electrons. The first-order chi connectivity index (χ1) is 20.2. The number of nitrogens with zero attached hydrogens (tertiary/aromatic N) is 1. The number of hydrogen-bond donors (Lipinski definition) is 2. The summed E-state index contributed by atoms with van der Waals surface area (Å²) in [5, 5.41) is 5.00. The molecule has 2 aromatic carbocycles. The average Bonchev–Trinajstić information content (AvgIpc) is 3.54. The zero-order valence-electron chi connectivity index (χ0n) is 22.9. The van der Waals surface area contributed by atoms with Crippen LogP contribution in [-0.4, -0.2) is 49.0 Å². The second-order valence-corrected chi connectivity index (χ2v) is 8.89.